The molecule has 0 saturated heterocycles. The molecule has 0 aliphatic rings. The van der Waals surface area contributed by atoms with E-state index in [1.165, 1.54) is 38.2 Å². The van der Waals surface area contributed by atoms with E-state index in [0.717, 1.165) is 0 Å². The number of amides is 1. The Morgan fingerprint density at radius 2 is 2.00 bits per heavy atom. The number of ether oxygens (including phenoxy) is 1. The zero-order chi connectivity index (χ0) is 21.7. The van der Waals surface area contributed by atoms with Crippen LogP contribution in [0.1, 0.15) is 15.9 Å². The topological polar surface area (TPSA) is 86.4 Å². The van der Waals surface area contributed by atoms with Gasteiger partial charge in [0.25, 0.3) is 5.91 Å². The SMILES string of the molecule is COc1ccc(S(C)(=O)=NC(=O)c2cncc(C#CCn3cnc(Cl)c3Cl)c2)cc1. The molecule has 0 aliphatic carbocycles. The molecule has 10 heteroatoms. The molecule has 1 atom stereocenters. The van der Waals surface area contributed by atoms with Gasteiger partial charge in [0.15, 0.2) is 5.15 Å². The minimum absolute atomic E-state index is 0.189. The first-order valence-electron chi connectivity index (χ1n) is 8.51. The van der Waals surface area contributed by atoms with Crippen molar-refractivity contribution in [2.75, 3.05) is 13.4 Å². The van der Waals surface area contributed by atoms with Gasteiger partial charge < -0.3 is 9.30 Å². The van der Waals surface area contributed by atoms with Gasteiger partial charge in [-0.2, -0.15) is 4.36 Å². The average molecular weight is 463 g/mol. The summed E-state index contributed by atoms with van der Waals surface area (Å²) in [4.78, 5) is 20.9. The summed E-state index contributed by atoms with van der Waals surface area (Å²) in [5.74, 6) is 5.77. The first kappa shape index (κ1) is 21.8. The number of nitrogens with zero attached hydrogens (tertiary/aromatic N) is 4. The molecule has 1 aromatic carbocycles. The molecule has 3 aromatic rings. The quantitative estimate of drug-likeness (QED) is 0.547. The highest BCUT2D eigenvalue weighted by molar-refractivity contribution is 7.93. The van der Waals surface area contributed by atoms with Crippen LogP contribution < -0.4 is 4.74 Å². The van der Waals surface area contributed by atoms with Gasteiger partial charge in [0.2, 0.25) is 0 Å². The monoisotopic (exact) mass is 462 g/mol. The number of imidazole rings is 1. The summed E-state index contributed by atoms with van der Waals surface area (Å²) < 4.78 is 23.5. The maximum atomic E-state index is 12.9. The van der Waals surface area contributed by atoms with Gasteiger partial charge in [-0.25, -0.2) is 9.19 Å². The van der Waals surface area contributed by atoms with Crippen molar-refractivity contribution in [3.05, 3.63) is 70.5 Å². The molecule has 2 aromatic heterocycles. The molecule has 0 aliphatic heterocycles. The highest BCUT2D eigenvalue weighted by atomic mass is 35.5. The molecule has 154 valence electrons. The lowest BCUT2D eigenvalue weighted by Crippen LogP contribution is -2.04. The zero-order valence-corrected chi connectivity index (χ0v) is 18.3. The summed E-state index contributed by atoms with van der Waals surface area (Å²) in [6.07, 6.45) is 5.75. The van der Waals surface area contributed by atoms with Gasteiger partial charge in [0, 0.05) is 29.1 Å². The van der Waals surface area contributed by atoms with Gasteiger partial charge in [0.05, 0.1) is 35.3 Å². The van der Waals surface area contributed by atoms with Crippen molar-refractivity contribution < 1.29 is 13.7 Å². The predicted molar refractivity (Wildman–Crippen MR) is 115 cm³/mol. The van der Waals surface area contributed by atoms with Gasteiger partial charge in [-0.3, -0.25) is 9.78 Å². The van der Waals surface area contributed by atoms with E-state index in [1.54, 1.807) is 28.8 Å². The second kappa shape index (κ2) is 9.30. The number of halogens is 2. The summed E-state index contributed by atoms with van der Waals surface area (Å²) in [7, 11) is -1.40. The lowest BCUT2D eigenvalue weighted by Gasteiger charge is -2.05. The van der Waals surface area contributed by atoms with E-state index in [0.29, 0.717) is 21.4 Å². The Bertz CT molecular complexity index is 1270. The minimum atomic E-state index is -2.93. The predicted octanol–water partition coefficient (Wildman–Crippen LogP) is 3.94. The van der Waals surface area contributed by atoms with Crippen LogP contribution in [0.5, 0.6) is 5.75 Å². The first-order chi connectivity index (χ1) is 14.3. The fourth-order valence-electron chi connectivity index (χ4n) is 2.40. The fraction of sp³-hybridized carbons (Fsp3) is 0.150. The van der Waals surface area contributed by atoms with Gasteiger partial charge in [-0.05, 0) is 30.3 Å². The lowest BCUT2D eigenvalue weighted by molar-refractivity contribution is 0.100. The molecule has 0 bridgehead atoms. The van der Waals surface area contributed by atoms with Crippen molar-refractivity contribution in [2.24, 2.45) is 4.36 Å². The van der Waals surface area contributed by atoms with Crippen molar-refractivity contribution >= 4 is 38.8 Å². The van der Waals surface area contributed by atoms with Crippen molar-refractivity contribution in [1.82, 2.24) is 14.5 Å². The average Bonchev–Trinajstić information content (AvgIpc) is 3.06. The molecule has 0 saturated carbocycles. The number of hydrogen-bond acceptors (Lipinski definition) is 5. The summed E-state index contributed by atoms with van der Waals surface area (Å²) in [5, 5.41) is 0.498. The Hall–Kier alpha value is -2.86. The van der Waals surface area contributed by atoms with Crippen LogP contribution in [0.4, 0.5) is 0 Å². The van der Waals surface area contributed by atoms with Crippen molar-refractivity contribution in [3.63, 3.8) is 0 Å². The Labute approximate surface area is 184 Å². The van der Waals surface area contributed by atoms with Crippen LogP contribution in [-0.2, 0) is 16.3 Å². The van der Waals surface area contributed by atoms with E-state index in [-0.39, 0.29) is 17.3 Å². The second-order valence-electron chi connectivity index (χ2n) is 6.09. The van der Waals surface area contributed by atoms with E-state index < -0.39 is 15.6 Å². The van der Waals surface area contributed by atoms with Crippen molar-refractivity contribution in [1.29, 1.82) is 0 Å². The third-order valence-corrected chi connectivity index (χ3v) is 6.38. The van der Waals surface area contributed by atoms with Crippen LogP contribution in [-0.4, -0.2) is 38.0 Å². The lowest BCUT2D eigenvalue weighted by atomic mass is 10.2. The summed E-state index contributed by atoms with van der Waals surface area (Å²) in [6, 6.07) is 8.10. The third kappa shape index (κ3) is 5.19. The van der Waals surface area contributed by atoms with Crippen LogP contribution in [0.25, 0.3) is 0 Å². The highest BCUT2D eigenvalue weighted by Crippen LogP contribution is 2.19. The van der Waals surface area contributed by atoms with Crippen LogP contribution in [0.15, 0.2) is 58.3 Å². The van der Waals surface area contributed by atoms with Crippen LogP contribution in [0, 0.1) is 11.8 Å². The molecule has 7 nitrogen and oxygen atoms in total. The Kier molecular flexibility index (Phi) is 6.77. The smallest absolute Gasteiger partial charge is 0.286 e. The normalized spacial score (nSPS) is 12.4. The summed E-state index contributed by atoms with van der Waals surface area (Å²) >= 11 is 11.8. The van der Waals surface area contributed by atoms with Crippen LogP contribution in [0.3, 0.4) is 0 Å². The molecule has 1 unspecified atom stereocenters. The number of benzene rings is 1. The number of methoxy groups -OCH3 is 1. The van der Waals surface area contributed by atoms with Crippen LogP contribution >= 0.6 is 23.2 Å². The fourth-order valence-corrected chi connectivity index (χ4v) is 3.87. The zero-order valence-electron chi connectivity index (χ0n) is 16.0. The highest BCUT2D eigenvalue weighted by Gasteiger charge is 2.12. The van der Waals surface area contributed by atoms with E-state index in [9.17, 15) is 9.00 Å². The standard InChI is InChI=1S/C20H16Cl2N4O3S/c1-29-16-5-7-17(8-6-16)30(2,28)25-20(27)15-10-14(11-23-12-15)4-3-9-26-13-24-18(21)19(26)22/h5-8,10-13H,9H2,1-2H3. The third-order valence-electron chi connectivity index (χ3n) is 3.95. The Morgan fingerprint density at radius 1 is 1.27 bits per heavy atom. The molecule has 30 heavy (non-hydrogen) atoms. The Morgan fingerprint density at radius 3 is 2.63 bits per heavy atom. The number of carbonyl (C=O) groups excluding carboxylic acids is 1. The molecular weight excluding hydrogens is 447 g/mol. The molecule has 3 rings (SSSR count). The molecule has 0 radical (unpaired) electrons. The molecule has 0 N–H and O–H groups in total. The number of carbonyl (C=O) groups is 1. The molecule has 0 fully saturated rings. The van der Waals surface area contributed by atoms with Crippen molar-refractivity contribution in [2.45, 2.75) is 11.4 Å². The number of aromatic nitrogens is 3. The van der Waals surface area contributed by atoms with E-state index in [2.05, 4.69) is 26.2 Å². The first-order valence-corrected chi connectivity index (χ1v) is 11.2. The molecule has 0 spiro atoms. The largest absolute Gasteiger partial charge is 0.497 e. The number of pyridine rings is 1. The van der Waals surface area contributed by atoms with E-state index in [4.69, 9.17) is 27.9 Å². The number of rotatable bonds is 4. The maximum Gasteiger partial charge on any atom is 0.286 e. The number of hydrogen-bond donors (Lipinski definition) is 0. The van der Waals surface area contributed by atoms with E-state index in [1.807, 2.05) is 0 Å². The van der Waals surface area contributed by atoms with Gasteiger partial charge in [-0.15, -0.1) is 0 Å². The minimum Gasteiger partial charge on any atom is -0.497 e. The Balaban J connectivity index is 1.80. The van der Waals surface area contributed by atoms with Crippen molar-refractivity contribution in [3.8, 4) is 17.6 Å². The molecular formula is C20H16Cl2N4O3S. The van der Waals surface area contributed by atoms with E-state index >= 15 is 0 Å². The van der Waals surface area contributed by atoms with Crippen LogP contribution in [0.2, 0.25) is 10.3 Å². The second-order valence-corrected chi connectivity index (χ2v) is 9.07. The summed E-state index contributed by atoms with van der Waals surface area (Å²) in [5.41, 5.74) is 0.694. The van der Waals surface area contributed by atoms with Gasteiger partial charge in [0.1, 0.15) is 10.9 Å². The maximum absolute atomic E-state index is 12.9. The van der Waals surface area contributed by atoms with Gasteiger partial charge >= 0.3 is 0 Å². The summed E-state index contributed by atoms with van der Waals surface area (Å²) in [6.45, 7) is 0.265. The molecule has 1 amide bonds. The van der Waals surface area contributed by atoms with Gasteiger partial charge in [-0.1, -0.05) is 35.0 Å². The molecule has 2 heterocycles.